The summed E-state index contributed by atoms with van der Waals surface area (Å²) >= 11 is 7.46. The molecule has 0 aromatic carbocycles. The predicted molar refractivity (Wildman–Crippen MR) is 85.7 cm³/mol. The van der Waals surface area contributed by atoms with Gasteiger partial charge in [-0.2, -0.15) is 0 Å². The van der Waals surface area contributed by atoms with E-state index < -0.39 is 0 Å². The molecule has 1 aliphatic rings. The number of guanidine groups is 1. The third-order valence-electron chi connectivity index (χ3n) is 2.72. The zero-order valence-corrected chi connectivity index (χ0v) is 13.6. The average molecular weight is 386 g/mol. The van der Waals surface area contributed by atoms with E-state index in [1.54, 1.807) is 11.3 Å². The fourth-order valence-corrected chi connectivity index (χ4v) is 2.60. The van der Waals surface area contributed by atoms with Crippen LogP contribution in [0.3, 0.4) is 0 Å². The second kappa shape index (κ2) is 6.80. The number of rotatable bonds is 4. The van der Waals surface area contributed by atoms with Gasteiger partial charge in [-0.25, -0.2) is 0 Å². The van der Waals surface area contributed by atoms with Gasteiger partial charge in [0, 0.05) is 30.9 Å². The third-order valence-corrected chi connectivity index (χ3v) is 4.01. The molecule has 3 nitrogen and oxygen atoms in total. The molecular weight excluding hydrogens is 369 g/mol. The SMILES string of the molecule is CN(C(N)=NCCc1ccc(Cl)s1)C1CC1.I. The smallest absolute Gasteiger partial charge is 0.191 e. The van der Waals surface area contributed by atoms with Crippen molar-refractivity contribution in [3.05, 3.63) is 21.3 Å². The average Bonchev–Trinajstić information content (AvgIpc) is 3.02. The highest BCUT2D eigenvalue weighted by Gasteiger charge is 2.27. The number of nitrogens with zero attached hydrogens (tertiary/aromatic N) is 2. The Hall–Kier alpha value is -0.0100. The molecule has 2 N–H and O–H groups in total. The maximum absolute atomic E-state index is 5.88. The second-order valence-electron chi connectivity index (χ2n) is 4.04. The third kappa shape index (κ3) is 4.63. The Balaban J connectivity index is 0.00000144. The van der Waals surface area contributed by atoms with Gasteiger partial charge >= 0.3 is 0 Å². The van der Waals surface area contributed by atoms with Gasteiger partial charge in [0.1, 0.15) is 0 Å². The molecule has 2 rings (SSSR count). The summed E-state index contributed by atoms with van der Waals surface area (Å²) < 4.78 is 0.835. The Morgan fingerprint density at radius 2 is 2.29 bits per heavy atom. The highest BCUT2D eigenvalue weighted by molar-refractivity contribution is 14.0. The Bertz CT molecular complexity index is 390. The molecule has 0 amide bonds. The molecule has 0 unspecified atom stereocenters. The maximum atomic E-state index is 5.88. The van der Waals surface area contributed by atoms with E-state index in [2.05, 4.69) is 9.89 Å². The molecular formula is C11H17ClIN3S. The van der Waals surface area contributed by atoms with Gasteiger partial charge in [-0.15, -0.1) is 35.3 Å². The van der Waals surface area contributed by atoms with Crippen molar-refractivity contribution in [2.24, 2.45) is 10.7 Å². The van der Waals surface area contributed by atoms with Crippen molar-refractivity contribution in [1.29, 1.82) is 0 Å². The number of hydrogen-bond donors (Lipinski definition) is 1. The van der Waals surface area contributed by atoms with E-state index in [1.165, 1.54) is 17.7 Å². The quantitative estimate of drug-likeness (QED) is 0.492. The van der Waals surface area contributed by atoms with Gasteiger partial charge in [-0.3, -0.25) is 4.99 Å². The Morgan fingerprint density at radius 1 is 1.59 bits per heavy atom. The van der Waals surface area contributed by atoms with Crippen molar-refractivity contribution in [2.75, 3.05) is 13.6 Å². The molecule has 1 saturated carbocycles. The van der Waals surface area contributed by atoms with Gasteiger partial charge in [0.05, 0.1) is 4.34 Å². The minimum absolute atomic E-state index is 0. The van der Waals surface area contributed by atoms with E-state index in [4.69, 9.17) is 17.3 Å². The van der Waals surface area contributed by atoms with Crippen LogP contribution in [0.15, 0.2) is 17.1 Å². The molecule has 17 heavy (non-hydrogen) atoms. The summed E-state index contributed by atoms with van der Waals surface area (Å²) in [5.41, 5.74) is 5.88. The summed E-state index contributed by atoms with van der Waals surface area (Å²) in [6.45, 7) is 0.736. The minimum atomic E-state index is 0. The molecule has 0 bridgehead atoms. The van der Waals surface area contributed by atoms with Crippen LogP contribution in [0.5, 0.6) is 0 Å². The lowest BCUT2D eigenvalue weighted by molar-refractivity contribution is 0.487. The first-order chi connectivity index (χ1) is 7.66. The molecule has 0 spiro atoms. The zero-order valence-electron chi connectivity index (χ0n) is 9.73. The molecule has 1 fully saturated rings. The fourth-order valence-electron chi connectivity index (χ4n) is 1.53. The standard InChI is InChI=1S/C11H16ClN3S.HI/c1-15(8-2-3-8)11(13)14-7-6-9-4-5-10(12)16-9;/h4-5,8H,2-3,6-7H2,1H3,(H2,13,14);1H. The molecule has 1 aliphatic carbocycles. The lowest BCUT2D eigenvalue weighted by atomic mass is 10.3. The highest BCUT2D eigenvalue weighted by Crippen LogP contribution is 2.25. The number of hydrogen-bond acceptors (Lipinski definition) is 2. The van der Waals surface area contributed by atoms with Gasteiger partial charge in [-0.05, 0) is 25.0 Å². The van der Waals surface area contributed by atoms with Crippen molar-refractivity contribution < 1.29 is 0 Å². The Morgan fingerprint density at radius 3 is 2.82 bits per heavy atom. The lowest BCUT2D eigenvalue weighted by Gasteiger charge is -2.16. The normalized spacial score (nSPS) is 15.5. The van der Waals surface area contributed by atoms with Crippen LogP contribution in [0.25, 0.3) is 0 Å². The first-order valence-electron chi connectivity index (χ1n) is 5.44. The van der Waals surface area contributed by atoms with E-state index in [0.29, 0.717) is 12.0 Å². The summed E-state index contributed by atoms with van der Waals surface area (Å²) in [4.78, 5) is 7.70. The van der Waals surface area contributed by atoms with Crippen LogP contribution in [0, 0.1) is 0 Å². The maximum Gasteiger partial charge on any atom is 0.191 e. The van der Waals surface area contributed by atoms with Gasteiger partial charge in [-0.1, -0.05) is 11.6 Å². The monoisotopic (exact) mass is 385 g/mol. The van der Waals surface area contributed by atoms with Gasteiger partial charge in [0.25, 0.3) is 0 Å². The van der Waals surface area contributed by atoms with Crippen LogP contribution in [0.2, 0.25) is 4.34 Å². The molecule has 0 saturated heterocycles. The number of halogens is 2. The predicted octanol–water partition coefficient (Wildman–Crippen LogP) is 2.97. The van der Waals surface area contributed by atoms with Crippen molar-refractivity contribution >= 4 is 52.9 Å². The van der Waals surface area contributed by atoms with Crippen molar-refractivity contribution in [1.82, 2.24) is 4.90 Å². The first-order valence-corrected chi connectivity index (χ1v) is 6.63. The number of thiophene rings is 1. The van der Waals surface area contributed by atoms with Crippen molar-refractivity contribution in [2.45, 2.75) is 25.3 Å². The lowest BCUT2D eigenvalue weighted by Crippen LogP contribution is -2.35. The van der Waals surface area contributed by atoms with Crippen LogP contribution in [0.4, 0.5) is 0 Å². The number of aliphatic imine (C=N–C) groups is 1. The summed E-state index contributed by atoms with van der Waals surface area (Å²) in [6, 6.07) is 4.59. The molecule has 1 aromatic heterocycles. The van der Waals surface area contributed by atoms with Crippen LogP contribution >= 0.6 is 46.9 Å². The molecule has 0 atom stereocenters. The van der Waals surface area contributed by atoms with E-state index in [9.17, 15) is 0 Å². The molecule has 1 heterocycles. The van der Waals surface area contributed by atoms with Crippen LogP contribution in [0.1, 0.15) is 17.7 Å². The first kappa shape index (κ1) is 15.0. The van der Waals surface area contributed by atoms with E-state index in [0.717, 1.165) is 17.3 Å². The van der Waals surface area contributed by atoms with Crippen LogP contribution in [-0.4, -0.2) is 30.5 Å². The van der Waals surface area contributed by atoms with E-state index >= 15 is 0 Å². The topological polar surface area (TPSA) is 41.6 Å². The summed E-state index contributed by atoms with van der Waals surface area (Å²) in [6.07, 6.45) is 3.40. The van der Waals surface area contributed by atoms with Crippen molar-refractivity contribution in [3.8, 4) is 0 Å². The molecule has 1 aromatic rings. The largest absolute Gasteiger partial charge is 0.370 e. The second-order valence-corrected chi connectivity index (χ2v) is 5.84. The van der Waals surface area contributed by atoms with E-state index in [1.807, 2.05) is 19.2 Å². The fraction of sp³-hybridized carbons (Fsp3) is 0.545. The summed E-state index contributed by atoms with van der Waals surface area (Å²) in [5, 5.41) is 0. The molecule has 0 aliphatic heterocycles. The van der Waals surface area contributed by atoms with Gasteiger partial charge in [0.2, 0.25) is 0 Å². The molecule has 96 valence electrons. The van der Waals surface area contributed by atoms with Crippen LogP contribution in [-0.2, 0) is 6.42 Å². The Labute approximate surface area is 128 Å². The van der Waals surface area contributed by atoms with Crippen molar-refractivity contribution in [3.63, 3.8) is 0 Å². The van der Waals surface area contributed by atoms with Gasteiger partial charge in [0.15, 0.2) is 5.96 Å². The minimum Gasteiger partial charge on any atom is -0.370 e. The Kier molecular flexibility index (Phi) is 6.02. The summed E-state index contributed by atoms with van der Waals surface area (Å²) in [7, 11) is 2.01. The molecule has 0 radical (unpaired) electrons. The molecule has 6 heteroatoms. The highest BCUT2D eigenvalue weighted by atomic mass is 127. The zero-order chi connectivity index (χ0) is 11.5. The van der Waals surface area contributed by atoms with Gasteiger partial charge < -0.3 is 10.6 Å². The number of nitrogens with two attached hydrogens (primary N) is 1. The van der Waals surface area contributed by atoms with Crippen LogP contribution < -0.4 is 5.73 Å². The summed E-state index contributed by atoms with van der Waals surface area (Å²) in [5.74, 6) is 0.658. The van der Waals surface area contributed by atoms with E-state index in [-0.39, 0.29) is 24.0 Å².